The molecule has 3 aromatic rings. The van der Waals surface area contributed by atoms with Crippen molar-refractivity contribution >= 4 is 17.5 Å². The summed E-state index contributed by atoms with van der Waals surface area (Å²) in [5.74, 6) is -2.29. The first kappa shape index (κ1) is 23.2. The van der Waals surface area contributed by atoms with Crippen molar-refractivity contribution in [3.8, 4) is 0 Å². The van der Waals surface area contributed by atoms with Crippen molar-refractivity contribution in [1.82, 2.24) is 10.3 Å². The number of pyridine rings is 1. The molecule has 0 saturated heterocycles. The van der Waals surface area contributed by atoms with Crippen molar-refractivity contribution in [2.75, 3.05) is 0 Å². The fourth-order valence-electron chi connectivity index (χ4n) is 3.72. The number of carbonyl (C=O) groups excluding carboxylic acids is 1. The van der Waals surface area contributed by atoms with E-state index in [2.05, 4.69) is 10.3 Å². The molecule has 0 bridgehead atoms. The summed E-state index contributed by atoms with van der Waals surface area (Å²) >= 11 is 5.96. The molecule has 1 aromatic heterocycles. The SMILES string of the molecule is O=C(N[C@](Cc1ccc(F)cc1)(c1cc(F)cc(C(F)(F)F)c1)c1ccc(Cl)cn1)C1CC1. The van der Waals surface area contributed by atoms with Gasteiger partial charge in [0.15, 0.2) is 0 Å². The Morgan fingerprint density at radius 2 is 1.64 bits per heavy atom. The summed E-state index contributed by atoms with van der Waals surface area (Å²) in [7, 11) is 0. The van der Waals surface area contributed by atoms with E-state index in [4.69, 9.17) is 11.6 Å². The maximum absolute atomic E-state index is 14.5. The fraction of sp³-hybridized carbons (Fsp3) is 0.250. The Kier molecular flexibility index (Phi) is 6.14. The van der Waals surface area contributed by atoms with Gasteiger partial charge in [0.2, 0.25) is 5.91 Å². The van der Waals surface area contributed by atoms with E-state index in [0.29, 0.717) is 24.5 Å². The predicted octanol–water partition coefficient (Wildman–Crippen LogP) is 6.04. The zero-order valence-corrected chi connectivity index (χ0v) is 17.9. The summed E-state index contributed by atoms with van der Waals surface area (Å²) in [6, 6.07) is 10.4. The van der Waals surface area contributed by atoms with Gasteiger partial charge >= 0.3 is 6.18 Å². The minimum Gasteiger partial charge on any atom is -0.340 e. The van der Waals surface area contributed by atoms with E-state index in [1.54, 1.807) is 0 Å². The maximum Gasteiger partial charge on any atom is 0.416 e. The van der Waals surface area contributed by atoms with Gasteiger partial charge in [0.25, 0.3) is 0 Å². The lowest BCUT2D eigenvalue weighted by Gasteiger charge is -2.36. The maximum atomic E-state index is 14.5. The molecule has 172 valence electrons. The molecule has 0 unspecified atom stereocenters. The van der Waals surface area contributed by atoms with Crippen LogP contribution in [0.15, 0.2) is 60.8 Å². The first-order valence-electron chi connectivity index (χ1n) is 10.1. The largest absolute Gasteiger partial charge is 0.416 e. The average Bonchev–Trinajstić information content (AvgIpc) is 3.60. The van der Waals surface area contributed by atoms with Crippen LogP contribution in [0.5, 0.6) is 0 Å². The highest BCUT2D eigenvalue weighted by atomic mass is 35.5. The third kappa shape index (κ3) is 5.16. The van der Waals surface area contributed by atoms with Crippen LogP contribution in [0.4, 0.5) is 22.0 Å². The Hall–Kier alpha value is -3.00. The number of aromatic nitrogens is 1. The molecule has 2 aromatic carbocycles. The summed E-state index contributed by atoms with van der Waals surface area (Å²) in [6.45, 7) is 0. The van der Waals surface area contributed by atoms with Crippen LogP contribution in [-0.2, 0) is 22.9 Å². The first-order valence-corrected chi connectivity index (χ1v) is 10.5. The molecule has 1 aliphatic carbocycles. The quantitative estimate of drug-likeness (QED) is 0.437. The van der Waals surface area contributed by atoms with Gasteiger partial charge in [0.1, 0.15) is 17.2 Å². The molecule has 0 radical (unpaired) electrons. The predicted molar refractivity (Wildman–Crippen MR) is 112 cm³/mol. The molecule has 4 rings (SSSR count). The molecule has 0 spiro atoms. The van der Waals surface area contributed by atoms with E-state index in [1.165, 1.54) is 42.6 Å². The van der Waals surface area contributed by atoms with Gasteiger partial charge in [-0.3, -0.25) is 9.78 Å². The van der Waals surface area contributed by atoms with Crippen molar-refractivity contribution < 1.29 is 26.7 Å². The molecule has 33 heavy (non-hydrogen) atoms. The van der Waals surface area contributed by atoms with E-state index in [9.17, 15) is 26.7 Å². The Labute approximate surface area is 191 Å². The summed E-state index contributed by atoms with van der Waals surface area (Å²) in [4.78, 5) is 17.2. The highest BCUT2D eigenvalue weighted by Gasteiger charge is 2.43. The number of amides is 1. The van der Waals surface area contributed by atoms with Gasteiger partial charge in [-0.2, -0.15) is 13.2 Å². The molecule has 1 heterocycles. The lowest BCUT2D eigenvalue weighted by molar-refractivity contribution is -0.137. The van der Waals surface area contributed by atoms with E-state index in [1.807, 2.05) is 0 Å². The Morgan fingerprint density at radius 3 is 2.21 bits per heavy atom. The Bertz CT molecular complexity index is 1160. The Balaban J connectivity index is 1.95. The van der Waals surface area contributed by atoms with Crippen LogP contribution in [0.2, 0.25) is 5.02 Å². The highest BCUT2D eigenvalue weighted by molar-refractivity contribution is 6.30. The second-order valence-electron chi connectivity index (χ2n) is 8.06. The van der Waals surface area contributed by atoms with Gasteiger partial charge in [-0.1, -0.05) is 23.7 Å². The molecule has 1 N–H and O–H groups in total. The standard InChI is InChI=1S/C24H18ClF5N2O/c25-18-5-8-21(31-13-18)23(32-22(33)15-3-4-15,12-14-1-6-19(26)7-2-14)16-9-17(24(28,29)30)11-20(27)10-16/h1-2,5-11,13,15H,3-4,12H2,(H,32,33)/t23-/m1/s1. The van der Waals surface area contributed by atoms with Crippen LogP contribution in [0.25, 0.3) is 0 Å². The number of carbonyl (C=O) groups is 1. The van der Waals surface area contributed by atoms with Crippen LogP contribution >= 0.6 is 11.6 Å². The number of nitrogens with one attached hydrogen (secondary N) is 1. The van der Waals surface area contributed by atoms with E-state index < -0.39 is 28.9 Å². The van der Waals surface area contributed by atoms with Crippen molar-refractivity contribution in [2.45, 2.75) is 31.0 Å². The molecule has 1 amide bonds. The molecule has 1 aliphatic rings. The van der Waals surface area contributed by atoms with Gasteiger partial charge in [0.05, 0.1) is 16.3 Å². The number of benzene rings is 2. The zero-order chi connectivity index (χ0) is 23.8. The van der Waals surface area contributed by atoms with Gasteiger partial charge < -0.3 is 5.32 Å². The van der Waals surface area contributed by atoms with Crippen LogP contribution in [-0.4, -0.2) is 10.9 Å². The van der Waals surface area contributed by atoms with Crippen LogP contribution in [0.3, 0.4) is 0 Å². The fourth-order valence-corrected chi connectivity index (χ4v) is 3.83. The Morgan fingerprint density at radius 1 is 0.970 bits per heavy atom. The number of hydrogen-bond donors (Lipinski definition) is 1. The summed E-state index contributed by atoms with van der Waals surface area (Å²) < 4.78 is 68.6. The van der Waals surface area contributed by atoms with Crippen molar-refractivity contribution in [3.63, 3.8) is 0 Å². The number of halogens is 6. The minimum atomic E-state index is -4.81. The van der Waals surface area contributed by atoms with Gasteiger partial charge in [-0.05, 0) is 66.4 Å². The molecular weight excluding hydrogens is 463 g/mol. The van der Waals surface area contributed by atoms with E-state index >= 15 is 0 Å². The molecule has 0 aliphatic heterocycles. The summed E-state index contributed by atoms with van der Waals surface area (Å²) in [5.41, 5.74) is -2.32. The second kappa shape index (κ2) is 8.74. The van der Waals surface area contributed by atoms with Crippen LogP contribution < -0.4 is 5.32 Å². The molecule has 3 nitrogen and oxygen atoms in total. The number of hydrogen-bond acceptors (Lipinski definition) is 2. The summed E-state index contributed by atoms with van der Waals surface area (Å²) in [5, 5.41) is 3.12. The first-order chi connectivity index (χ1) is 15.6. The van der Waals surface area contributed by atoms with Crippen molar-refractivity contribution in [2.24, 2.45) is 5.92 Å². The van der Waals surface area contributed by atoms with Crippen LogP contribution in [0.1, 0.15) is 35.2 Å². The smallest absolute Gasteiger partial charge is 0.340 e. The van der Waals surface area contributed by atoms with E-state index in [0.717, 1.165) is 12.1 Å². The monoisotopic (exact) mass is 480 g/mol. The third-order valence-electron chi connectivity index (χ3n) is 5.55. The topological polar surface area (TPSA) is 42.0 Å². The van der Waals surface area contributed by atoms with Gasteiger partial charge in [0, 0.05) is 18.5 Å². The molecule has 1 fully saturated rings. The normalized spacial score (nSPS) is 15.7. The molecule has 1 atom stereocenters. The van der Waals surface area contributed by atoms with Crippen molar-refractivity contribution in [1.29, 1.82) is 0 Å². The van der Waals surface area contributed by atoms with E-state index in [-0.39, 0.29) is 34.5 Å². The number of nitrogens with zero attached hydrogens (tertiary/aromatic N) is 1. The second-order valence-corrected chi connectivity index (χ2v) is 8.50. The van der Waals surface area contributed by atoms with Crippen LogP contribution in [0, 0.1) is 17.6 Å². The average molecular weight is 481 g/mol. The highest BCUT2D eigenvalue weighted by Crippen LogP contribution is 2.39. The van der Waals surface area contributed by atoms with Gasteiger partial charge in [-0.15, -0.1) is 0 Å². The lowest BCUT2D eigenvalue weighted by Crippen LogP contribution is -2.50. The summed E-state index contributed by atoms with van der Waals surface area (Å²) in [6.07, 6.45) is -2.33. The third-order valence-corrected chi connectivity index (χ3v) is 5.77. The number of alkyl halides is 3. The number of rotatable bonds is 6. The lowest BCUT2D eigenvalue weighted by atomic mass is 9.79. The van der Waals surface area contributed by atoms with Gasteiger partial charge in [-0.25, -0.2) is 8.78 Å². The van der Waals surface area contributed by atoms with Crippen molar-refractivity contribution in [3.05, 3.63) is 99.8 Å². The molecule has 9 heteroatoms. The molecule has 1 saturated carbocycles. The zero-order valence-electron chi connectivity index (χ0n) is 17.1. The minimum absolute atomic E-state index is 0.0961. The molecular formula is C24H18ClF5N2O.